The molecule has 2 aliphatic carbocycles. The second-order valence-electron chi connectivity index (χ2n) is 11.4. The highest BCUT2D eigenvalue weighted by molar-refractivity contribution is 5.84. The van der Waals surface area contributed by atoms with Gasteiger partial charge in [-0.05, 0) is 48.9 Å². The summed E-state index contributed by atoms with van der Waals surface area (Å²) in [7, 11) is 1.40. The van der Waals surface area contributed by atoms with E-state index in [2.05, 4.69) is 16.6 Å². The van der Waals surface area contributed by atoms with E-state index in [4.69, 9.17) is 5.11 Å². The van der Waals surface area contributed by atoms with Gasteiger partial charge in [0.25, 0.3) is 0 Å². The van der Waals surface area contributed by atoms with Gasteiger partial charge < -0.3 is 30.2 Å². The third-order valence-electron chi connectivity index (χ3n) is 8.67. The first kappa shape index (κ1) is 34.6. The second-order valence-corrected chi connectivity index (χ2v) is 11.4. The molecule has 3 rings (SSSR count). The first-order valence-corrected chi connectivity index (χ1v) is 15.0. The Hall–Kier alpha value is -2.63. The van der Waals surface area contributed by atoms with Gasteiger partial charge in [-0.1, -0.05) is 51.2 Å². The number of Topliss-reactive ketones (excluding diaryl/α,β-unsaturated/α-hetero) is 1. The topological polar surface area (TPSA) is 165 Å². The number of imidazole rings is 1. The Bertz CT molecular complexity index is 1000. The van der Waals surface area contributed by atoms with E-state index in [1.165, 1.54) is 24.3 Å². The van der Waals surface area contributed by atoms with Gasteiger partial charge in [-0.3, -0.25) is 9.59 Å². The number of aliphatic hydroxyl groups is 3. The van der Waals surface area contributed by atoms with Crippen molar-refractivity contribution in [3.63, 3.8) is 0 Å². The van der Waals surface area contributed by atoms with Gasteiger partial charge in [-0.2, -0.15) is 0 Å². The molecule has 1 aromatic heterocycles. The first-order valence-electron chi connectivity index (χ1n) is 15.0. The van der Waals surface area contributed by atoms with Crippen LogP contribution < -0.4 is 0 Å². The fraction of sp³-hybridized carbons (Fsp3) is 0.767. The maximum Gasteiger partial charge on any atom is 0.342 e. The highest BCUT2D eigenvalue weighted by Crippen LogP contribution is 2.48. The number of hydrogen-bond acceptors (Lipinski definition) is 9. The van der Waals surface area contributed by atoms with E-state index in [-0.39, 0.29) is 60.5 Å². The number of nitrogens with zero attached hydrogens (tertiary/aromatic N) is 3. The molecule has 0 aromatic carbocycles. The number of ketones is 1. The van der Waals surface area contributed by atoms with Crippen molar-refractivity contribution >= 4 is 17.6 Å². The third-order valence-corrected chi connectivity index (χ3v) is 8.67. The van der Waals surface area contributed by atoms with Crippen LogP contribution in [0.2, 0.25) is 0 Å². The van der Waals surface area contributed by atoms with Crippen molar-refractivity contribution in [2.24, 2.45) is 17.3 Å². The van der Waals surface area contributed by atoms with Crippen molar-refractivity contribution in [1.29, 1.82) is 0 Å². The molecule has 11 heteroatoms. The molecule has 1 heterocycles. The van der Waals surface area contributed by atoms with Crippen LogP contribution in [0.4, 0.5) is 5.82 Å². The van der Waals surface area contributed by atoms with E-state index in [1.54, 1.807) is 6.92 Å². The van der Waals surface area contributed by atoms with Crippen LogP contribution in [0.15, 0.2) is 18.3 Å². The van der Waals surface area contributed by atoms with Crippen LogP contribution in [-0.2, 0) is 20.9 Å². The maximum absolute atomic E-state index is 12.3. The van der Waals surface area contributed by atoms with Gasteiger partial charge in [0.05, 0.1) is 25.9 Å². The molecule has 0 saturated heterocycles. The molecule has 11 nitrogen and oxygen atoms in total. The maximum atomic E-state index is 12.3. The third kappa shape index (κ3) is 10.0. The average Bonchev–Trinajstić information content (AvgIpc) is 3.41. The largest absolute Gasteiger partial charge is 0.469 e. The zero-order chi connectivity index (χ0) is 30.4. The Morgan fingerprint density at radius 3 is 2.61 bits per heavy atom. The van der Waals surface area contributed by atoms with Crippen LogP contribution >= 0.6 is 0 Å². The van der Waals surface area contributed by atoms with Gasteiger partial charge in [0.2, 0.25) is 0 Å². The Morgan fingerprint density at radius 2 is 2.02 bits per heavy atom. The summed E-state index contributed by atoms with van der Waals surface area (Å²) < 4.78 is 6.00. The Morgan fingerprint density at radius 1 is 1.32 bits per heavy atom. The van der Waals surface area contributed by atoms with E-state index < -0.39 is 11.0 Å². The molecule has 232 valence electrons. The number of aromatic nitrogens is 2. The van der Waals surface area contributed by atoms with Crippen molar-refractivity contribution in [3.8, 4) is 0 Å². The molecule has 2 aliphatic rings. The number of unbranched alkanes of at least 4 members (excludes halogenated alkanes) is 3. The molecule has 3 N–H and O–H groups in total. The second kappa shape index (κ2) is 17.4. The number of methoxy groups -OCH3 is 1. The fourth-order valence-corrected chi connectivity index (χ4v) is 6.15. The number of nitro groups is 1. The Kier molecular flexibility index (Phi) is 14.6. The summed E-state index contributed by atoms with van der Waals surface area (Å²) in [6.07, 6.45) is 15.6. The SMILES string of the molecule is CCCC1([C@H](O)C/C=C/[C@H]2[C@H](O)CC(=O)[C@@H]2CCCCCCC(=O)OC)CCC1.Cc1ncc([N+](=O)[O-])n1CCO. The first-order chi connectivity index (χ1) is 19.6. The number of carbonyl (C=O) groups excluding carboxylic acids is 2. The molecule has 2 saturated carbocycles. The lowest BCUT2D eigenvalue weighted by atomic mass is 9.62. The molecule has 41 heavy (non-hydrogen) atoms. The van der Waals surface area contributed by atoms with Crippen LogP contribution in [0.3, 0.4) is 0 Å². The van der Waals surface area contributed by atoms with E-state index in [0.717, 1.165) is 57.8 Å². The summed E-state index contributed by atoms with van der Waals surface area (Å²) in [6, 6.07) is 0. The highest BCUT2D eigenvalue weighted by atomic mass is 16.6. The number of carbonyl (C=O) groups is 2. The van der Waals surface area contributed by atoms with E-state index >= 15 is 0 Å². The number of aliphatic hydroxyl groups excluding tert-OH is 3. The van der Waals surface area contributed by atoms with Crippen molar-refractivity contribution in [1.82, 2.24) is 9.55 Å². The lowest BCUT2D eigenvalue weighted by Crippen LogP contribution is -2.41. The molecule has 0 aliphatic heterocycles. The molecular formula is C30H49N3O8. The Balaban J connectivity index is 0.000000408. The average molecular weight is 580 g/mol. The molecule has 0 spiro atoms. The number of esters is 1. The number of hydrogen-bond donors (Lipinski definition) is 3. The summed E-state index contributed by atoms with van der Waals surface area (Å²) in [5.41, 5.74) is 0.0901. The van der Waals surface area contributed by atoms with Crippen LogP contribution in [0.1, 0.15) is 96.2 Å². The normalized spacial score (nSPS) is 22.2. The lowest BCUT2D eigenvalue weighted by molar-refractivity contribution is -0.392. The minimum atomic E-state index is -0.603. The number of ether oxygens (including phenoxy) is 1. The highest BCUT2D eigenvalue weighted by Gasteiger charge is 2.42. The predicted octanol–water partition coefficient (Wildman–Crippen LogP) is 4.44. The summed E-state index contributed by atoms with van der Waals surface area (Å²) in [5.74, 6) is 0.190. The van der Waals surface area contributed by atoms with Gasteiger partial charge >= 0.3 is 11.8 Å². The van der Waals surface area contributed by atoms with E-state index in [9.17, 15) is 29.9 Å². The number of aryl methyl sites for hydroxylation is 1. The van der Waals surface area contributed by atoms with Crippen molar-refractivity contribution in [2.45, 2.75) is 116 Å². The van der Waals surface area contributed by atoms with Crippen LogP contribution in [0.5, 0.6) is 0 Å². The molecule has 0 unspecified atom stereocenters. The molecule has 1 aromatic rings. The molecule has 0 radical (unpaired) electrons. The molecular weight excluding hydrogens is 530 g/mol. The smallest absolute Gasteiger partial charge is 0.342 e. The number of rotatable bonds is 16. The van der Waals surface area contributed by atoms with Gasteiger partial charge in [0.15, 0.2) is 5.82 Å². The van der Waals surface area contributed by atoms with Crippen molar-refractivity contribution in [3.05, 3.63) is 34.3 Å². The van der Waals surface area contributed by atoms with Crippen molar-refractivity contribution < 1.29 is 34.6 Å². The molecule has 4 atom stereocenters. The minimum absolute atomic E-state index is 0.0819. The lowest BCUT2D eigenvalue weighted by Gasteiger charge is -2.45. The monoisotopic (exact) mass is 579 g/mol. The molecule has 0 bridgehead atoms. The minimum Gasteiger partial charge on any atom is -0.469 e. The van der Waals surface area contributed by atoms with Crippen LogP contribution in [0.25, 0.3) is 0 Å². The standard InChI is InChI=1S/C24H40O5.C6H9N3O3/c1-3-14-24(15-9-16-24)22(27)12-8-11-19-18(20(25)17-21(19)26)10-6-4-5-7-13-23(28)29-2;1-5-7-4-6(9(11)12)8(5)2-3-10/h8,11,18-19,21-22,26-27H,3-7,9-10,12-17H2,1-2H3;4,10H,2-3H2,1H3/b11-8+;/t18-,19-,21-,22-;/m1./s1. The van der Waals surface area contributed by atoms with Gasteiger partial charge in [0.1, 0.15) is 18.5 Å². The van der Waals surface area contributed by atoms with Gasteiger partial charge in [0, 0.05) is 31.6 Å². The van der Waals surface area contributed by atoms with Gasteiger partial charge in [-0.25, -0.2) is 9.55 Å². The van der Waals surface area contributed by atoms with E-state index in [1.807, 2.05) is 12.2 Å². The fourth-order valence-electron chi connectivity index (χ4n) is 6.15. The van der Waals surface area contributed by atoms with E-state index in [0.29, 0.717) is 18.7 Å². The zero-order valence-electron chi connectivity index (χ0n) is 24.9. The molecule has 0 amide bonds. The van der Waals surface area contributed by atoms with Crippen LogP contribution in [-0.4, -0.2) is 67.5 Å². The zero-order valence-corrected chi connectivity index (χ0v) is 24.9. The summed E-state index contributed by atoms with van der Waals surface area (Å²) in [5, 5.41) is 40.0. The predicted molar refractivity (Wildman–Crippen MR) is 154 cm³/mol. The summed E-state index contributed by atoms with van der Waals surface area (Å²) >= 11 is 0. The summed E-state index contributed by atoms with van der Waals surface area (Å²) in [6.45, 7) is 3.91. The quantitative estimate of drug-likeness (QED) is 0.0844. The van der Waals surface area contributed by atoms with Crippen LogP contribution in [0, 0.1) is 34.3 Å². The van der Waals surface area contributed by atoms with Crippen molar-refractivity contribution in [2.75, 3.05) is 13.7 Å². The van der Waals surface area contributed by atoms with Gasteiger partial charge in [-0.15, -0.1) is 0 Å². The molecule has 2 fully saturated rings. The summed E-state index contributed by atoms with van der Waals surface area (Å²) in [4.78, 5) is 37.1. The Labute approximate surface area is 243 Å².